The van der Waals surface area contributed by atoms with Gasteiger partial charge in [-0.15, -0.1) is 0 Å². The Morgan fingerprint density at radius 3 is 2.62 bits per heavy atom. The van der Waals surface area contributed by atoms with Gasteiger partial charge in [0.15, 0.2) is 18.1 Å². The molecule has 1 heterocycles. The summed E-state index contributed by atoms with van der Waals surface area (Å²) in [5.41, 5.74) is 2.79. The smallest absolute Gasteiger partial charge is 0.262 e. The Bertz CT molecular complexity index is 906. The van der Waals surface area contributed by atoms with Crippen molar-refractivity contribution in [2.45, 2.75) is 32.1 Å². The van der Waals surface area contributed by atoms with Crippen molar-refractivity contribution in [3.63, 3.8) is 0 Å². The molecule has 1 N–H and O–H groups in total. The Morgan fingerprint density at radius 2 is 1.86 bits per heavy atom. The van der Waals surface area contributed by atoms with E-state index in [0.717, 1.165) is 49.9 Å². The van der Waals surface area contributed by atoms with Gasteiger partial charge in [0.25, 0.3) is 5.91 Å². The number of para-hydroxylation sites is 2. The third-order valence-corrected chi connectivity index (χ3v) is 5.66. The predicted molar refractivity (Wildman–Crippen MR) is 112 cm³/mol. The van der Waals surface area contributed by atoms with E-state index in [0.29, 0.717) is 17.2 Å². The molecule has 0 bridgehead atoms. The number of anilines is 2. The molecule has 2 aliphatic rings. The first-order valence-electron chi connectivity index (χ1n) is 10.2. The fourth-order valence-corrected chi connectivity index (χ4v) is 4.18. The van der Waals surface area contributed by atoms with Crippen LogP contribution in [0.4, 0.5) is 11.4 Å². The molecule has 1 fully saturated rings. The first kappa shape index (κ1) is 19.3. The number of benzene rings is 2. The molecule has 29 heavy (non-hydrogen) atoms. The van der Waals surface area contributed by atoms with Crippen molar-refractivity contribution in [2.24, 2.45) is 5.92 Å². The van der Waals surface area contributed by atoms with Gasteiger partial charge >= 0.3 is 0 Å². The predicted octanol–water partition coefficient (Wildman–Crippen LogP) is 3.79. The van der Waals surface area contributed by atoms with Crippen LogP contribution >= 0.6 is 0 Å². The number of fused-ring (bicyclic) bond motifs is 1. The van der Waals surface area contributed by atoms with E-state index >= 15 is 0 Å². The summed E-state index contributed by atoms with van der Waals surface area (Å²) in [6.45, 7) is 0.614. The summed E-state index contributed by atoms with van der Waals surface area (Å²) < 4.78 is 10.8. The first-order valence-corrected chi connectivity index (χ1v) is 10.2. The van der Waals surface area contributed by atoms with Crippen molar-refractivity contribution >= 4 is 23.2 Å². The van der Waals surface area contributed by atoms with Crippen molar-refractivity contribution < 1.29 is 19.1 Å². The minimum atomic E-state index is -0.243. The minimum Gasteiger partial charge on any atom is -0.493 e. The number of nitrogens with one attached hydrogen (secondary N) is 1. The van der Waals surface area contributed by atoms with Crippen molar-refractivity contribution in [2.75, 3.05) is 30.5 Å². The zero-order valence-corrected chi connectivity index (χ0v) is 16.6. The molecule has 1 aliphatic heterocycles. The summed E-state index contributed by atoms with van der Waals surface area (Å²) in [6, 6.07) is 13.0. The van der Waals surface area contributed by atoms with Gasteiger partial charge in [-0.25, -0.2) is 0 Å². The molecule has 0 saturated heterocycles. The number of carbonyl (C=O) groups excluding carboxylic acids is 2. The molecule has 2 amide bonds. The molecule has 0 atom stereocenters. The highest BCUT2D eigenvalue weighted by Gasteiger charge is 2.31. The van der Waals surface area contributed by atoms with Gasteiger partial charge in [0.2, 0.25) is 5.91 Å². The summed E-state index contributed by atoms with van der Waals surface area (Å²) in [7, 11) is 1.56. The van der Waals surface area contributed by atoms with Gasteiger partial charge < -0.3 is 19.7 Å². The van der Waals surface area contributed by atoms with Gasteiger partial charge in [0.1, 0.15) is 0 Å². The number of hydrogen-bond acceptors (Lipinski definition) is 4. The van der Waals surface area contributed by atoms with E-state index in [-0.39, 0.29) is 24.3 Å². The van der Waals surface area contributed by atoms with Crippen LogP contribution in [-0.4, -0.2) is 32.1 Å². The fraction of sp³-hybridized carbons (Fsp3) is 0.391. The molecular weight excluding hydrogens is 368 g/mol. The Labute approximate surface area is 170 Å². The monoisotopic (exact) mass is 394 g/mol. The summed E-state index contributed by atoms with van der Waals surface area (Å²) in [5, 5.41) is 2.87. The van der Waals surface area contributed by atoms with Crippen LogP contribution < -0.4 is 19.7 Å². The lowest BCUT2D eigenvalue weighted by molar-refractivity contribution is -0.122. The maximum Gasteiger partial charge on any atom is 0.262 e. The minimum absolute atomic E-state index is 0.107. The van der Waals surface area contributed by atoms with Gasteiger partial charge in [-0.2, -0.15) is 0 Å². The van der Waals surface area contributed by atoms with Gasteiger partial charge in [-0.3, -0.25) is 9.59 Å². The molecule has 0 radical (unpaired) electrons. The molecule has 2 aromatic carbocycles. The molecule has 0 aromatic heterocycles. The number of hydrogen-bond donors (Lipinski definition) is 1. The lowest BCUT2D eigenvalue weighted by Gasteiger charge is -2.21. The van der Waals surface area contributed by atoms with E-state index in [4.69, 9.17) is 9.47 Å². The van der Waals surface area contributed by atoms with E-state index in [1.54, 1.807) is 19.2 Å². The van der Waals surface area contributed by atoms with Gasteiger partial charge in [-0.1, -0.05) is 25.0 Å². The molecule has 152 valence electrons. The molecule has 0 unspecified atom stereocenters. The Balaban J connectivity index is 1.37. The van der Waals surface area contributed by atoms with Crippen LogP contribution in [0.15, 0.2) is 42.5 Å². The van der Waals surface area contributed by atoms with Crippen molar-refractivity contribution in [3.05, 3.63) is 48.0 Å². The van der Waals surface area contributed by atoms with Gasteiger partial charge in [0.05, 0.1) is 7.11 Å². The van der Waals surface area contributed by atoms with E-state index < -0.39 is 0 Å². The maximum atomic E-state index is 12.8. The summed E-state index contributed by atoms with van der Waals surface area (Å²) in [5.74, 6) is 1.30. The normalized spacial score (nSPS) is 15.8. The average Bonchev–Trinajstić information content (AvgIpc) is 3.42. The van der Waals surface area contributed by atoms with E-state index in [9.17, 15) is 9.59 Å². The zero-order valence-electron chi connectivity index (χ0n) is 16.6. The highest BCUT2D eigenvalue weighted by molar-refractivity contribution is 5.98. The number of carbonyl (C=O) groups is 2. The summed E-state index contributed by atoms with van der Waals surface area (Å²) in [4.78, 5) is 27.0. The molecule has 0 spiro atoms. The van der Waals surface area contributed by atoms with E-state index in [1.807, 2.05) is 35.2 Å². The topological polar surface area (TPSA) is 67.9 Å². The molecule has 2 aromatic rings. The lowest BCUT2D eigenvalue weighted by atomic mass is 10.1. The van der Waals surface area contributed by atoms with Crippen LogP contribution in [0.1, 0.15) is 31.2 Å². The lowest BCUT2D eigenvalue weighted by Crippen LogP contribution is -2.33. The van der Waals surface area contributed by atoms with E-state index in [2.05, 4.69) is 5.32 Å². The van der Waals surface area contributed by atoms with Crippen LogP contribution in [0.2, 0.25) is 0 Å². The van der Waals surface area contributed by atoms with Crippen molar-refractivity contribution in [1.82, 2.24) is 0 Å². The number of ether oxygens (including phenoxy) is 2. The Hall–Kier alpha value is -3.02. The molecule has 1 aliphatic carbocycles. The quantitative estimate of drug-likeness (QED) is 0.809. The third-order valence-electron chi connectivity index (χ3n) is 5.66. The van der Waals surface area contributed by atoms with Crippen LogP contribution in [0.3, 0.4) is 0 Å². The largest absolute Gasteiger partial charge is 0.493 e. The standard InChI is InChI=1S/C23H26N2O4/c1-28-20-8-4-5-9-21(20)29-15-22(26)24-18-10-11-19-17(14-18)12-13-25(19)23(27)16-6-2-3-7-16/h4-5,8-11,14,16H,2-3,6-7,12-13,15H2,1H3,(H,24,26). The second-order valence-electron chi connectivity index (χ2n) is 7.55. The second kappa shape index (κ2) is 8.55. The zero-order chi connectivity index (χ0) is 20.2. The molecule has 1 saturated carbocycles. The van der Waals surface area contributed by atoms with Crippen molar-refractivity contribution in [3.8, 4) is 11.5 Å². The Morgan fingerprint density at radius 1 is 1.10 bits per heavy atom. The van der Waals surface area contributed by atoms with Crippen LogP contribution in [0.5, 0.6) is 11.5 Å². The van der Waals surface area contributed by atoms with Crippen LogP contribution in [-0.2, 0) is 16.0 Å². The first-order chi connectivity index (χ1) is 14.2. The fourth-order valence-electron chi connectivity index (χ4n) is 4.18. The average molecular weight is 394 g/mol. The van der Waals surface area contributed by atoms with Gasteiger partial charge in [-0.05, 0) is 55.2 Å². The molecule has 4 rings (SSSR count). The highest BCUT2D eigenvalue weighted by atomic mass is 16.5. The number of amides is 2. The third kappa shape index (κ3) is 4.21. The molecular formula is C23H26N2O4. The number of methoxy groups -OCH3 is 1. The van der Waals surface area contributed by atoms with Crippen LogP contribution in [0.25, 0.3) is 0 Å². The van der Waals surface area contributed by atoms with Crippen molar-refractivity contribution in [1.29, 1.82) is 0 Å². The Kier molecular flexibility index (Phi) is 5.69. The SMILES string of the molecule is COc1ccccc1OCC(=O)Nc1ccc2c(c1)CCN2C(=O)C1CCCC1. The van der Waals surface area contributed by atoms with E-state index in [1.165, 1.54) is 0 Å². The number of rotatable bonds is 6. The molecule has 6 nitrogen and oxygen atoms in total. The summed E-state index contributed by atoms with van der Waals surface area (Å²) >= 11 is 0. The number of nitrogens with zero attached hydrogens (tertiary/aromatic N) is 1. The maximum absolute atomic E-state index is 12.8. The van der Waals surface area contributed by atoms with Crippen LogP contribution in [0, 0.1) is 5.92 Å². The highest BCUT2D eigenvalue weighted by Crippen LogP contribution is 2.35. The van der Waals surface area contributed by atoms with Gasteiger partial charge in [0, 0.05) is 23.8 Å². The second-order valence-corrected chi connectivity index (χ2v) is 7.55. The molecule has 6 heteroatoms. The summed E-state index contributed by atoms with van der Waals surface area (Å²) in [6.07, 6.45) is 5.13.